The van der Waals surface area contributed by atoms with Gasteiger partial charge in [-0.1, -0.05) is 18.2 Å². The molecule has 0 aliphatic heterocycles. The average Bonchev–Trinajstić information content (AvgIpc) is 2.90. The first kappa shape index (κ1) is 12.7. The first-order valence-corrected chi connectivity index (χ1v) is 6.70. The normalized spacial score (nSPS) is 10.9. The van der Waals surface area contributed by atoms with Crippen LogP contribution in [0.1, 0.15) is 17.0 Å². The minimum Gasteiger partial charge on any atom is -0.497 e. The quantitative estimate of drug-likeness (QED) is 0.729. The van der Waals surface area contributed by atoms with Gasteiger partial charge in [-0.15, -0.1) is 0 Å². The van der Waals surface area contributed by atoms with E-state index in [1.165, 1.54) is 5.56 Å². The van der Waals surface area contributed by atoms with Gasteiger partial charge in [0.2, 0.25) is 0 Å². The van der Waals surface area contributed by atoms with Gasteiger partial charge in [0.05, 0.1) is 7.11 Å². The molecule has 0 amide bonds. The van der Waals surface area contributed by atoms with Crippen molar-refractivity contribution < 1.29 is 4.74 Å². The Labute approximate surface area is 118 Å². The van der Waals surface area contributed by atoms with Crippen LogP contribution in [0.3, 0.4) is 0 Å². The maximum atomic E-state index is 5.16. The van der Waals surface area contributed by atoms with E-state index >= 15 is 0 Å². The number of ether oxygens (including phenoxy) is 1. The number of hydrogen-bond donors (Lipinski definition) is 0. The minimum atomic E-state index is 0.841. The SMILES string of the molecule is COc1ccc(CCc2nc3c(C)cccn3n2)cc1. The molecule has 0 N–H and O–H groups in total. The molecule has 2 aromatic heterocycles. The van der Waals surface area contributed by atoms with E-state index in [0.29, 0.717) is 0 Å². The van der Waals surface area contributed by atoms with E-state index in [1.807, 2.05) is 28.9 Å². The van der Waals surface area contributed by atoms with Gasteiger partial charge in [-0.2, -0.15) is 5.10 Å². The molecule has 0 unspecified atom stereocenters. The Morgan fingerprint density at radius 2 is 1.90 bits per heavy atom. The third-order valence-corrected chi connectivity index (χ3v) is 3.40. The summed E-state index contributed by atoms with van der Waals surface area (Å²) < 4.78 is 7.00. The van der Waals surface area contributed by atoms with Gasteiger partial charge < -0.3 is 4.74 Å². The Hall–Kier alpha value is -2.36. The van der Waals surface area contributed by atoms with Gasteiger partial charge in [0.1, 0.15) is 5.75 Å². The lowest BCUT2D eigenvalue weighted by molar-refractivity contribution is 0.414. The highest BCUT2D eigenvalue weighted by molar-refractivity contribution is 5.45. The summed E-state index contributed by atoms with van der Waals surface area (Å²) in [4.78, 5) is 4.59. The summed E-state index contributed by atoms with van der Waals surface area (Å²) in [7, 11) is 1.68. The van der Waals surface area contributed by atoms with Crippen LogP contribution in [0.2, 0.25) is 0 Å². The summed E-state index contributed by atoms with van der Waals surface area (Å²) in [6, 6.07) is 12.2. The van der Waals surface area contributed by atoms with Crippen molar-refractivity contribution in [2.24, 2.45) is 0 Å². The van der Waals surface area contributed by atoms with Gasteiger partial charge >= 0.3 is 0 Å². The molecule has 0 atom stereocenters. The van der Waals surface area contributed by atoms with Crippen LogP contribution in [-0.4, -0.2) is 21.7 Å². The highest BCUT2D eigenvalue weighted by Gasteiger charge is 2.05. The van der Waals surface area contributed by atoms with Gasteiger partial charge in [0, 0.05) is 12.6 Å². The predicted molar refractivity (Wildman–Crippen MR) is 78.1 cm³/mol. The smallest absolute Gasteiger partial charge is 0.158 e. The molecule has 0 spiro atoms. The van der Waals surface area contributed by atoms with Crippen molar-refractivity contribution >= 4 is 5.65 Å². The van der Waals surface area contributed by atoms with E-state index in [-0.39, 0.29) is 0 Å². The van der Waals surface area contributed by atoms with Crippen molar-refractivity contribution in [3.63, 3.8) is 0 Å². The maximum Gasteiger partial charge on any atom is 0.158 e. The van der Waals surface area contributed by atoms with E-state index in [0.717, 1.165) is 35.6 Å². The summed E-state index contributed by atoms with van der Waals surface area (Å²) in [6.07, 6.45) is 3.71. The molecule has 2 heterocycles. The second kappa shape index (κ2) is 5.33. The molecule has 102 valence electrons. The van der Waals surface area contributed by atoms with Crippen LogP contribution in [0.25, 0.3) is 5.65 Å². The third kappa shape index (κ3) is 2.50. The van der Waals surface area contributed by atoms with Crippen LogP contribution in [0.4, 0.5) is 0 Å². The summed E-state index contributed by atoms with van der Waals surface area (Å²) in [5.74, 6) is 1.77. The van der Waals surface area contributed by atoms with Gasteiger partial charge in [0.25, 0.3) is 0 Å². The fourth-order valence-corrected chi connectivity index (χ4v) is 2.24. The van der Waals surface area contributed by atoms with Crippen molar-refractivity contribution in [2.45, 2.75) is 19.8 Å². The average molecular weight is 267 g/mol. The molecule has 4 nitrogen and oxygen atoms in total. The monoisotopic (exact) mass is 267 g/mol. The third-order valence-electron chi connectivity index (χ3n) is 3.40. The van der Waals surface area contributed by atoms with Crippen molar-refractivity contribution in [1.82, 2.24) is 14.6 Å². The number of pyridine rings is 1. The van der Waals surface area contributed by atoms with E-state index in [4.69, 9.17) is 4.74 Å². The molecule has 0 bridgehead atoms. The number of aryl methyl sites for hydroxylation is 3. The fourth-order valence-electron chi connectivity index (χ4n) is 2.24. The van der Waals surface area contributed by atoms with Gasteiger partial charge in [-0.25, -0.2) is 9.50 Å². The van der Waals surface area contributed by atoms with E-state index in [1.54, 1.807) is 7.11 Å². The molecule has 20 heavy (non-hydrogen) atoms. The lowest BCUT2D eigenvalue weighted by Crippen LogP contribution is -1.94. The van der Waals surface area contributed by atoms with Crippen LogP contribution in [0.5, 0.6) is 5.75 Å². The summed E-state index contributed by atoms with van der Waals surface area (Å²) in [6.45, 7) is 2.05. The number of benzene rings is 1. The number of methoxy groups -OCH3 is 1. The van der Waals surface area contributed by atoms with Crippen molar-refractivity contribution in [3.8, 4) is 5.75 Å². The highest BCUT2D eigenvalue weighted by Crippen LogP contribution is 2.13. The molecule has 1 aromatic carbocycles. The van der Waals surface area contributed by atoms with Crippen molar-refractivity contribution in [3.05, 3.63) is 59.5 Å². The lowest BCUT2D eigenvalue weighted by Gasteiger charge is -2.01. The molecule has 0 aliphatic rings. The molecule has 0 saturated heterocycles. The Balaban J connectivity index is 1.74. The zero-order chi connectivity index (χ0) is 13.9. The Bertz CT molecular complexity index is 716. The van der Waals surface area contributed by atoms with Crippen LogP contribution in [-0.2, 0) is 12.8 Å². The van der Waals surface area contributed by atoms with E-state index in [9.17, 15) is 0 Å². The first-order chi connectivity index (χ1) is 9.76. The molecular weight excluding hydrogens is 250 g/mol. The Morgan fingerprint density at radius 1 is 1.10 bits per heavy atom. The zero-order valence-electron chi connectivity index (χ0n) is 11.7. The van der Waals surface area contributed by atoms with Crippen LogP contribution >= 0.6 is 0 Å². The molecule has 3 aromatic rings. The van der Waals surface area contributed by atoms with Crippen LogP contribution in [0.15, 0.2) is 42.6 Å². The van der Waals surface area contributed by atoms with Gasteiger partial charge in [-0.3, -0.25) is 0 Å². The number of rotatable bonds is 4. The van der Waals surface area contributed by atoms with Crippen molar-refractivity contribution in [2.75, 3.05) is 7.11 Å². The second-order valence-corrected chi connectivity index (χ2v) is 4.84. The molecule has 0 fully saturated rings. The summed E-state index contributed by atoms with van der Waals surface area (Å²) in [5, 5.41) is 4.50. The molecular formula is C16H17N3O. The lowest BCUT2D eigenvalue weighted by atomic mass is 10.1. The molecule has 0 radical (unpaired) electrons. The number of nitrogens with zero attached hydrogens (tertiary/aromatic N) is 3. The van der Waals surface area contributed by atoms with Gasteiger partial charge in [-0.05, 0) is 42.7 Å². The Morgan fingerprint density at radius 3 is 2.60 bits per heavy atom. The standard InChI is InChI=1S/C16H17N3O/c1-12-4-3-11-19-16(12)17-15(18-19)10-7-13-5-8-14(20-2)9-6-13/h3-6,8-9,11H,7,10H2,1-2H3. The largest absolute Gasteiger partial charge is 0.497 e. The zero-order valence-corrected chi connectivity index (χ0v) is 11.7. The topological polar surface area (TPSA) is 39.4 Å². The summed E-state index contributed by atoms with van der Waals surface area (Å²) >= 11 is 0. The summed E-state index contributed by atoms with van der Waals surface area (Å²) in [5.41, 5.74) is 3.36. The van der Waals surface area contributed by atoms with Crippen molar-refractivity contribution in [1.29, 1.82) is 0 Å². The molecule has 4 heteroatoms. The second-order valence-electron chi connectivity index (χ2n) is 4.84. The van der Waals surface area contributed by atoms with Crippen LogP contribution < -0.4 is 4.74 Å². The molecule has 0 aliphatic carbocycles. The first-order valence-electron chi connectivity index (χ1n) is 6.70. The highest BCUT2D eigenvalue weighted by atomic mass is 16.5. The maximum absolute atomic E-state index is 5.16. The molecule has 0 saturated carbocycles. The minimum absolute atomic E-state index is 0.841. The number of aromatic nitrogens is 3. The fraction of sp³-hybridized carbons (Fsp3) is 0.250. The molecule has 3 rings (SSSR count). The number of hydrogen-bond acceptors (Lipinski definition) is 3. The van der Waals surface area contributed by atoms with Gasteiger partial charge in [0.15, 0.2) is 11.5 Å². The Kier molecular flexibility index (Phi) is 3.37. The number of fused-ring (bicyclic) bond motifs is 1. The van der Waals surface area contributed by atoms with Crippen LogP contribution in [0, 0.1) is 6.92 Å². The predicted octanol–water partition coefficient (Wildman–Crippen LogP) is 2.83. The van der Waals surface area contributed by atoms with E-state index < -0.39 is 0 Å². The van der Waals surface area contributed by atoms with E-state index in [2.05, 4.69) is 35.2 Å².